The lowest BCUT2D eigenvalue weighted by atomic mass is 10.1. The van der Waals surface area contributed by atoms with E-state index in [4.69, 9.17) is 4.98 Å². The molecule has 0 bridgehead atoms. The lowest BCUT2D eigenvalue weighted by Gasteiger charge is -2.03. The van der Waals surface area contributed by atoms with Crippen LogP contribution in [0.2, 0.25) is 0 Å². The molecule has 1 N–H and O–H groups in total. The predicted molar refractivity (Wildman–Crippen MR) is 79.1 cm³/mol. The maximum absolute atomic E-state index is 13.4. The number of aromatic nitrogens is 1. The molecule has 0 spiro atoms. The number of nitrogens with one attached hydrogen (secondary N) is 1. The molecule has 4 heteroatoms. The molecule has 0 fully saturated rings. The number of nitrogens with zero attached hydrogens (tertiary/aromatic N) is 1. The summed E-state index contributed by atoms with van der Waals surface area (Å²) in [5, 5.41) is 4.07. The molecule has 0 aliphatic heterocycles. The van der Waals surface area contributed by atoms with Crippen LogP contribution in [0.25, 0.3) is 10.6 Å². The first-order valence-corrected chi connectivity index (χ1v) is 7.25. The van der Waals surface area contributed by atoms with Gasteiger partial charge in [-0.1, -0.05) is 19.9 Å². The summed E-state index contributed by atoms with van der Waals surface area (Å²) < 4.78 is 13.4. The van der Waals surface area contributed by atoms with Gasteiger partial charge in [-0.05, 0) is 37.6 Å². The summed E-state index contributed by atoms with van der Waals surface area (Å²) in [6.07, 6.45) is 0. The van der Waals surface area contributed by atoms with Crippen LogP contribution in [0, 0.1) is 12.7 Å². The molecular weight excluding hydrogens is 259 g/mol. The highest BCUT2D eigenvalue weighted by Crippen LogP contribution is 2.33. The lowest BCUT2D eigenvalue weighted by Crippen LogP contribution is -2.06. The average molecular weight is 278 g/mol. The second-order valence-electron chi connectivity index (χ2n) is 4.97. The molecule has 2 nitrogen and oxygen atoms in total. The van der Waals surface area contributed by atoms with Crippen molar-refractivity contribution >= 4 is 11.3 Å². The summed E-state index contributed by atoms with van der Waals surface area (Å²) in [7, 11) is 1.93. The Morgan fingerprint density at radius 2 is 2.11 bits per heavy atom. The van der Waals surface area contributed by atoms with Crippen LogP contribution in [-0.2, 0) is 6.54 Å². The van der Waals surface area contributed by atoms with E-state index in [1.165, 1.54) is 10.9 Å². The molecule has 0 aliphatic rings. The highest BCUT2D eigenvalue weighted by Gasteiger charge is 2.16. The molecule has 1 heterocycles. The fraction of sp³-hybridized carbons (Fsp3) is 0.400. The summed E-state index contributed by atoms with van der Waals surface area (Å²) in [6, 6.07) is 4.87. The van der Waals surface area contributed by atoms with Gasteiger partial charge in [0.05, 0.1) is 5.69 Å². The van der Waals surface area contributed by atoms with E-state index in [9.17, 15) is 4.39 Å². The Morgan fingerprint density at radius 3 is 2.74 bits per heavy atom. The fourth-order valence-electron chi connectivity index (χ4n) is 2.04. The number of benzene rings is 1. The second kappa shape index (κ2) is 5.80. The van der Waals surface area contributed by atoms with Gasteiger partial charge in [-0.3, -0.25) is 0 Å². The SMILES string of the molecule is CNCc1sc(-c2cc(F)ccc2C)nc1C(C)C. The van der Waals surface area contributed by atoms with Crippen molar-refractivity contribution in [2.75, 3.05) is 7.05 Å². The van der Waals surface area contributed by atoms with E-state index in [1.807, 2.05) is 14.0 Å². The van der Waals surface area contributed by atoms with Gasteiger partial charge in [0.25, 0.3) is 0 Å². The Labute approximate surface area is 117 Å². The number of aryl methyl sites for hydroxylation is 1. The standard InChI is InChI=1S/C15H19FN2S/c1-9(2)14-13(8-17-4)19-15(18-14)12-7-11(16)6-5-10(12)3/h5-7,9,17H,8H2,1-4H3. The van der Waals surface area contributed by atoms with Gasteiger partial charge >= 0.3 is 0 Å². The molecule has 0 aliphatic carbocycles. The van der Waals surface area contributed by atoms with Gasteiger partial charge in [-0.15, -0.1) is 11.3 Å². The Hall–Kier alpha value is -1.26. The summed E-state index contributed by atoms with van der Waals surface area (Å²) in [5.41, 5.74) is 3.06. The average Bonchev–Trinajstić information content (AvgIpc) is 2.77. The van der Waals surface area contributed by atoms with Crippen LogP contribution in [0.1, 0.15) is 35.9 Å². The number of rotatable bonds is 4. The van der Waals surface area contributed by atoms with Gasteiger partial charge in [-0.2, -0.15) is 0 Å². The van der Waals surface area contributed by atoms with E-state index in [1.54, 1.807) is 23.5 Å². The molecular formula is C15H19FN2S. The van der Waals surface area contributed by atoms with Crippen molar-refractivity contribution in [3.63, 3.8) is 0 Å². The van der Waals surface area contributed by atoms with Crippen LogP contribution in [0.4, 0.5) is 4.39 Å². The van der Waals surface area contributed by atoms with Crippen LogP contribution < -0.4 is 5.32 Å². The van der Waals surface area contributed by atoms with Crippen molar-refractivity contribution in [1.82, 2.24) is 10.3 Å². The molecule has 0 radical (unpaired) electrons. The monoisotopic (exact) mass is 278 g/mol. The van der Waals surface area contributed by atoms with Crippen molar-refractivity contribution in [3.8, 4) is 10.6 Å². The summed E-state index contributed by atoms with van der Waals surface area (Å²) >= 11 is 1.65. The Morgan fingerprint density at radius 1 is 1.37 bits per heavy atom. The molecule has 1 aromatic carbocycles. The third kappa shape index (κ3) is 3.01. The second-order valence-corrected chi connectivity index (χ2v) is 6.06. The van der Waals surface area contributed by atoms with Gasteiger partial charge in [0.1, 0.15) is 10.8 Å². The third-order valence-electron chi connectivity index (χ3n) is 3.04. The zero-order valence-electron chi connectivity index (χ0n) is 11.7. The van der Waals surface area contributed by atoms with Gasteiger partial charge in [0, 0.05) is 17.0 Å². The van der Waals surface area contributed by atoms with Crippen LogP contribution >= 0.6 is 11.3 Å². The van der Waals surface area contributed by atoms with E-state index in [2.05, 4.69) is 19.2 Å². The zero-order valence-corrected chi connectivity index (χ0v) is 12.6. The van der Waals surface area contributed by atoms with Crippen LogP contribution in [-0.4, -0.2) is 12.0 Å². The van der Waals surface area contributed by atoms with Crippen molar-refractivity contribution in [2.24, 2.45) is 0 Å². The third-order valence-corrected chi connectivity index (χ3v) is 4.15. The van der Waals surface area contributed by atoms with Crippen molar-refractivity contribution in [2.45, 2.75) is 33.2 Å². The zero-order chi connectivity index (χ0) is 14.0. The van der Waals surface area contributed by atoms with Crippen molar-refractivity contribution in [1.29, 1.82) is 0 Å². The minimum absolute atomic E-state index is 0.211. The first kappa shape index (κ1) is 14.2. The van der Waals surface area contributed by atoms with Gasteiger partial charge in [0.15, 0.2) is 0 Å². The molecule has 2 rings (SSSR count). The van der Waals surface area contributed by atoms with Gasteiger partial charge < -0.3 is 5.32 Å². The highest BCUT2D eigenvalue weighted by molar-refractivity contribution is 7.15. The normalized spacial score (nSPS) is 11.3. The van der Waals surface area contributed by atoms with E-state index in [-0.39, 0.29) is 5.82 Å². The summed E-state index contributed by atoms with van der Waals surface area (Å²) in [6.45, 7) is 7.06. The maximum Gasteiger partial charge on any atom is 0.124 e. The van der Waals surface area contributed by atoms with E-state index in [0.717, 1.165) is 28.4 Å². The van der Waals surface area contributed by atoms with Crippen LogP contribution in [0.5, 0.6) is 0 Å². The largest absolute Gasteiger partial charge is 0.315 e. The fourth-order valence-corrected chi connectivity index (χ4v) is 3.35. The molecule has 0 unspecified atom stereocenters. The van der Waals surface area contributed by atoms with E-state index >= 15 is 0 Å². The molecule has 2 aromatic rings. The molecule has 102 valence electrons. The quantitative estimate of drug-likeness (QED) is 0.910. The molecule has 0 amide bonds. The summed E-state index contributed by atoms with van der Waals surface area (Å²) in [5.74, 6) is 0.166. The number of thiazole rings is 1. The minimum Gasteiger partial charge on any atom is -0.315 e. The number of halogens is 1. The lowest BCUT2D eigenvalue weighted by molar-refractivity contribution is 0.628. The molecule has 0 saturated carbocycles. The van der Waals surface area contributed by atoms with Gasteiger partial charge in [0.2, 0.25) is 0 Å². The summed E-state index contributed by atoms with van der Waals surface area (Å²) in [4.78, 5) is 5.94. The molecule has 19 heavy (non-hydrogen) atoms. The van der Waals surface area contributed by atoms with Crippen LogP contribution in [0.3, 0.4) is 0 Å². The Balaban J connectivity index is 2.50. The highest BCUT2D eigenvalue weighted by atomic mass is 32.1. The molecule has 0 saturated heterocycles. The van der Waals surface area contributed by atoms with E-state index < -0.39 is 0 Å². The van der Waals surface area contributed by atoms with Crippen molar-refractivity contribution < 1.29 is 4.39 Å². The first-order chi connectivity index (χ1) is 9.02. The maximum atomic E-state index is 13.4. The van der Waals surface area contributed by atoms with E-state index in [0.29, 0.717) is 5.92 Å². The Kier molecular flexibility index (Phi) is 4.32. The van der Waals surface area contributed by atoms with Crippen molar-refractivity contribution in [3.05, 3.63) is 40.2 Å². The molecule has 0 atom stereocenters. The van der Waals surface area contributed by atoms with Gasteiger partial charge in [-0.25, -0.2) is 9.37 Å². The Bertz CT molecular complexity index is 576. The number of hydrogen-bond donors (Lipinski definition) is 1. The molecule has 1 aromatic heterocycles. The smallest absolute Gasteiger partial charge is 0.124 e. The number of hydrogen-bond acceptors (Lipinski definition) is 3. The predicted octanol–water partition coefficient (Wildman–Crippen LogP) is 4.10. The first-order valence-electron chi connectivity index (χ1n) is 6.43. The van der Waals surface area contributed by atoms with Crippen LogP contribution in [0.15, 0.2) is 18.2 Å². The topological polar surface area (TPSA) is 24.9 Å². The minimum atomic E-state index is -0.211.